The molecule has 0 bridgehead atoms. The van der Waals surface area contributed by atoms with E-state index in [9.17, 15) is 4.79 Å². The number of para-hydroxylation sites is 1. The van der Waals surface area contributed by atoms with Crippen molar-refractivity contribution in [3.8, 4) is 11.5 Å². The molecule has 136 valence electrons. The van der Waals surface area contributed by atoms with Gasteiger partial charge in [0.2, 0.25) is 0 Å². The van der Waals surface area contributed by atoms with E-state index in [2.05, 4.69) is 0 Å². The van der Waals surface area contributed by atoms with Crippen LogP contribution in [-0.4, -0.2) is 63.5 Å². The van der Waals surface area contributed by atoms with Crippen LogP contribution in [0.25, 0.3) is 0 Å². The van der Waals surface area contributed by atoms with Gasteiger partial charge in [0.15, 0.2) is 11.5 Å². The zero-order valence-electron chi connectivity index (χ0n) is 14.7. The normalized spacial score (nSPS) is 28.4. The minimum absolute atomic E-state index is 0.00171. The Morgan fingerprint density at radius 1 is 1.32 bits per heavy atom. The minimum atomic E-state index is -0.104. The predicted molar refractivity (Wildman–Crippen MR) is 91.2 cm³/mol. The fourth-order valence-corrected chi connectivity index (χ4v) is 4.37. The zero-order chi connectivity index (χ0) is 17.3. The molecule has 3 aliphatic rings. The number of hydrogen-bond acceptors (Lipinski definition) is 5. The molecule has 4 rings (SSSR count). The smallest absolute Gasteiger partial charge is 0.257 e. The molecular weight excluding hydrogens is 322 g/mol. The van der Waals surface area contributed by atoms with Crippen LogP contribution < -0.4 is 9.47 Å². The Morgan fingerprint density at radius 2 is 2.20 bits per heavy atom. The number of amides is 1. The number of carbonyl (C=O) groups excluding carboxylic acids is 1. The van der Waals surface area contributed by atoms with Crippen LogP contribution in [0, 0.1) is 5.41 Å². The van der Waals surface area contributed by atoms with E-state index in [0.29, 0.717) is 50.0 Å². The maximum Gasteiger partial charge on any atom is 0.257 e. The highest BCUT2D eigenvalue weighted by Crippen LogP contribution is 2.42. The minimum Gasteiger partial charge on any atom is -0.486 e. The van der Waals surface area contributed by atoms with Crippen LogP contribution in [0.5, 0.6) is 11.5 Å². The predicted octanol–water partition coefficient (Wildman–Crippen LogP) is 2.12. The number of methoxy groups -OCH3 is 1. The second-order valence-corrected chi connectivity index (χ2v) is 7.10. The number of piperidine rings is 1. The molecule has 0 aromatic heterocycles. The van der Waals surface area contributed by atoms with E-state index in [4.69, 9.17) is 18.9 Å². The van der Waals surface area contributed by atoms with Crippen molar-refractivity contribution in [3.05, 3.63) is 23.8 Å². The Labute approximate surface area is 148 Å². The van der Waals surface area contributed by atoms with Gasteiger partial charge in [-0.15, -0.1) is 0 Å². The maximum atomic E-state index is 13.2. The van der Waals surface area contributed by atoms with Crippen molar-refractivity contribution in [2.24, 2.45) is 5.41 Å². The summed E-state index contributed by atoms with van der Waals surface area (Å²) >= 11 is 0. The molecule has 0 saturated carbocycles. The molecule has 2 atom stereocenters. The summed E-state index contributed by atoms with van der Waals surface area (Å²) in [6.07, 6.45) is 3.07. The molecule has 2 unspecified atom stereocenters. The first-order chi connectivity index (χ1) is 12.2. The highest BCUT2D eigenvalue weighted by atomic mass is 16.6. The Kier molecular flexibility index (Phi) is 4.56. The molecular formula is C19H25NO5. The van der Waals surface area contributed by atoms with Gasteiger partial charge in [-0.05, 0) is 31.4 Å². The summed E-state index contributed by atoms with van der Waals surface area (Å²) in [4.78, 5) is 15.1. The summed E-state index contributed by atoms with van der Waals surface area (Å²) in [7, 11) is 1.72. The fourth-order valence-electron chi connectivity index (χ4n) is 4.37. The summed E-state index contributed by atoms with van der Waals surface area (Å²) in [5, 5.41) is 0. The number of nitrogens with zero attached hydrogens (tertiary/aromatic N) is 1. The lowest BCUT2D eigenvalue weighted by atomic mass is 9.73. The molecule has 0 aliphatic carbocycles. The van der Waals surface area contributed by atoms with Crippen LogP contribution in [-0.2, 0) is 9.47 Å². The van der Waals surface area contributed by atoms with Crippen LogP contribution in [0.2, 0.25) is 0 Å². The molecule has 2 saturated heterocycles. The monoisotopic (exact) mass is 347 g/mol. The van der Waals surface area contributed by atoms with Crippen LogP contribution in [0.15, 0.2) is 18.2 Å². The quantitative estimate of drug-likeness (QED) is 0.838. The first kappa shape index (κ1) is 16.7. The van der Waals surface area contributed by atoms with Crippen molar-refractivity contribution in [3.63, 3.8) is 0 Å². The van der Waals surface area contributed by atoms with Gasteiger partial charge in [0.05, 0.1) is 18.3 Å². The molecule has 1 amide bonds. The molecule has 1 aromatic rings. The van der Waals surface area contributed by atoms with Crippen molar-refractivity contribution in [1.29, 1.82) is 0 Å². The summed E-state index contributed by atoms with van der Waals surface area (Å²) in [6, 6.07) is 5.52. The molecule has 25 heavy (non-hydrogen) atoms. The van der Waals surface area contributed by atoms with Gasteiger partial charge < -0.3 is 23.8 Å². The SMILES string of the molecule is COCC12CCCOC1CCN(C(=O)c1cccc3c1OCCO3)C2. The number of benzene rings is 1. The van der Waals surface area contributed by atoms with Gasteiger partial charge in [-0.25, -0.2) is 0 Å². The summed E-state index contributed by atoms with van der Waals surface area (Å²) in [5.74, 6) is 1.23. The van der Waals surface area contributed by atoms with E-state index in [-0.39, 0.29) is 17.4 Å². The lowest BCUT2D eigenvalue weighted by Crippen LogP contribution is -2.58. The first-order valence-corrected chi connectivity index (χ1v) is 9.02. The van der Waals surface area contributed by atoms with E-state index in [1.807, 2.05) is 23.1 Å². The number of carbonyl (C=O) groups is 1. The Balaban J connectivity index is 1.59. The van der Waals surface area contributed by atoms with Crippen molar-refractivity contribution in [2.45, 2.75) is 25.4 Å². The number of fused-ring (bicyclic) bond motifs is 2. The number of ether oxygens (including phenoxy) is 4. The van der Waals surface area contributed by atoms with Gasteiger partial charge in [0, 0.05) is 32.2 Å². The van der Waals surface area contributed by atoms with Crippen molar-refractivity contribution in [1.82, 2.24) is 4.90 Å². The largest absolute Gasteiger partial charge is 0.486 e. The molecule has 0 N–H and O–H groups in total. The Hall–Kier alpha value is -1.79. The Morgan fingerprint density at radius 3 is 3.08 bits per heavy atom. The number of rotatable bonds is 3. The second kappa shape index (κ2) is 6.84. The first-order valence-electron chi connectivity index (χ1n) is 9.02. The summed E-state index contributed by atoms with van der Waals surface area (Å²) < 4.78 is 22.8. The lowest BCUT2D eigenvalue weighted by Gasteiger charge is -2.50. The number of hydrogen-bond donors (Lipinski definition) is 0. The van der Waals surface area contributed by atoms with Gasteiger partial charge in [-0.1, -0.05) is 6.07 Å². The van der Waals surface area contributed by atoms with Crippen molar-refractivity contribution in [2.75, 3.05) is 46.6 Å². The topological polar surface area (TPSA) is 57.2 Å². The van der Waals surface area contributed by atoms with E-state index in [1.165, 1.54) is 0 Å². The standard InChI is InChI=1S/C19H25NO5/c1-22-13-19-7-3-9-24-16(19)6-8-20(12-19)18(21)14-4-2-5-15-17(14)25-11-10-23-15/h2,4-5,16H,3,6-13H2,1H3. The maximum absolute atomic E-state index is 13.2. The van der Waals surface area contributed by atoms with Crippen LogP contribution in [0.1, 0.15) is 29.6 Å². The third-order valence-electron chi connectivity index (χ3n) is 5.50. The summed E-state index contributed by atoms with van der Waals surface area (Å²) in [6.45, 7) is 3.77. The average Bonchev–Trinajstić information content (AvgIpc) is 2.66. The fraction of sp³-hybridized carbons (Fsp3) is 0.632. The Bertz CT molecular complexity index is 645. The molecule has 6 nitrogen and oxygen atoms in total. The summed E-state index contributed by atoms with van der Waals surface area (Å²) in [5.41, 5.74) is 0.479. The molecule has 0 radical (unpaired) electrons. The molecule has 2 fully saturated rings. The van der Waals surface area contributed by atoms with E-state index >= 15 is 0 Å². The molecule has 3 heterocycles. The average molecular weight is 347 g/mol. The zero-order valence-corrected chi connectivity index (χ0v) is 14.7. The molecule has 3 aliphatic heterocycles. The van der Waals surface area contributed by atoms with Gasteiger partial charge in [0.1, 0.15) is 13.2 Å². The van der Waals surface area contributed by atoms with Crippen molar-refractivity contribution < 1.29 is 23.7 Å². The molecule has 6 heteroatoms. The molecule has 1 aromatic carbocycles. The van der Waals surface area contributed by atoms with Crippen molar-refractivity contribution >= 4 is 5.91 Å². The van der Waals surface area contributed by atoms with E-state index in [0.717, 1.165) is 25.9 Å². The third kappa shape index (κ3) is 2.98. The van der Waals surface area contributed by atoms with E-state index < -0.39 is 0 Å². The van der Waals surface area contributed by atoms with Gasteiger partial charge >= 0.3 is 0 Å². The van der Waals surface area contributed by atoms with Crippen LogP contribution in [0.3, 0.4) is 0 Å². The van der Waals surface area contributed by atoms with Crippen LogP contribution in [0.4, 0.5) is 0 Å². The van der Waals surface area contributed by atoms with Crippen LogP contribution >= 0.6 is 0 Å². The number of likely N-dealkylation sites (tertiary alicyclic amines) is 1. The lowest BCUT2D eigenvalue weighted by molar-refractivity contribution is -0.142. The van der Waals surface area contributed by atoms with Gasteiger partial charge in [0.25, 0.3) is 5.91 Å². The second-order valence-electron chi connectivity index (χ2n) is 7.10. The molecule has 0 spiro atoms. The highest BCUT2D eigenvalue weighted by Gasteiger charge is 2.47. The highest BCUT2D eigenvalue weighted by molar-refractivity contribution is 5.98. The third-order valence-corrected chi connectivity index (χ3v) is 5.50. The van der Waals surface area contributed by atoms with Gasteiger partial charge in [-0.3, -0.25) is 4.79 Å². The van der Waals surface area contributed by atoms with E-state index in [1.54, 1.807) is 7.11 Å². The van der Waals surface area contributed by atoms with Gasteiger partial charge in [-0.2, -0.15) is 0 Å².